The molecule has 0 aromatic carbocycles. The Balaban J connectivity index is 2.11. The lowest BCUT2D eigenvalue weighted by atomic mass is 9.97. The van der Waals surface area contributed by atoms with Crippen molar-refractivity contribution in [1.29, 1.82) is 0 Å². The fourth-order valence-electron chi connectivity index (χ4n) is 2.32. The number of hydrogen-bond acceptors (Lipinski definition) is 4. The van der Waals surface area contributed by atoms with Crippen LogP contribution in [0.5, 0.6) is 0 Å². The molecule has 0 aromatic rings. The molecule has 2 rings (SSSR count). The number of halogens is 3. The molecule has 0 aliphatic carbocycles. The van der Waals surface area contributed by atoms with Crippen LogP contribution >= 0.6 is 0 Å². The molecule has 2 aliphatic rings. The molecule has 2 aliphatic heterocycles. The molecule has 4 nitrogen and oxygen atoms in total. The summed E-state index contributed by atoms with van der Waals surface area (Å²) in [5.41, 5.74) is 0. The summed E-state index contributed by atoms with van der Waals surface area (Å²) in [6, 6.07) is -1.50. The molecule has 7 heteroatoms. The molecule has 2 N–H and O–H groups in total. The van der Waals surface area contributed by atoms with E-state index in [1.165, 1.54) is 0 Å². The van der Waals surface area contributed by atoms with E-state index in [-0.39, 0.29) is 6.04 Å². The van der Waals surface area contributed by atoms with Gasteiger partial charge in [-0.25, -0.2) is 0 Å². The highest BCUT2D eigenvalue weighted by Crippen LogP contribution is 2.22. The van der Waals surface area contributed by atoms with Crippen molar-refractivity contribution in [3.63, 3.8) is 0 Å². The summed E-state index contributed by atoms with van der Waals surface area (Å²) < 4.78 is 37.1. The van der Waals surface area contributed by atoms with Gasteiger partial charge in [-0.1, -0.05) is 0 Å². The van der Waals surface area contributed by atoms with Crippen molar-refractivity contribution < 1.29 is 18.0 Å². The first-order valence-electron chi connectivity index (χ1n) is 5.29. The Kier molecular flexibility index (Phi) is 3.18. The number of fused-ring (bicyclic) bond motifs is 1. The van der Waals surface area contributed by atoms with Crippen LogP contribution in [-0.2, 0) is 4.79 Å². The van der Waals surface area contributed by atoms with Crippen molar-refractivity contribution in [1.82, 2.24) is 15.5 Å². The smallest absolute Gasteiger partial charge is 0.314 e. The van der Waals surface area contributed by atoms with Gasteiger partial charge in [0.05, 0.1) is 6.04 Å². The van der Waals surface area contributed by atoms with Gasteiger partial charge in [-0.3, -0.25) is 9.69 Å². The molecule has 0 saturated carbocycles. The van der Waals surface area contributed by atoms with Crippen molar-refractivity contribution in [2.75, 3.05) is 32.7 Å². The van der Waals surface area contributed by atoms with E-state index in [1.54, 1.807) is 0 Å². The normalized spacial score (nSPS) is 32.2. The number of hydrogen-bond donors (Lipinski definition) is 2. The number of carbonyl (C=O) groups is 1. The molecule has 2 fully saturated rings. The van der Waals surface area contributed by atoms with E-state index in [1.807, 2.05) is 4.90 Å². The van der Waals surface area contributed by atoms with E-state index in [2.05, 4.69) is 10.6 Å². The molecule has 0 amide bonds. The van der Waals surface area contributed by atoms with E-state index in [0.717, 1.165) is 6.54 Å². The van der Waals surface area contributed by atoms with Gasteiger partial charge in [-0.2, -0.15) is 13.2 Å². The number of piperazine rings is 2. The fourth-order valence-corrected chi connectivity index (χ4v) is 2.32. The molecule has 2 saturated heterocycles. The van der Waals surface area contributed by atoms with Gasteiger partial charge in [-0.05, 0) is 0 Å². The Labute approximate surface area is 91.2 Å². The zero-order valence-corrected chi connectivity index (χ0v) is 8.68. The van der Waals surface area contributed by atoms with Gasteiger partial charge in [0.25, 0.3) is 5.78 Å². The Hall–Kier alpha value is -0.660. The average Bonchev–Trinajstić information content (AvgIpc) is 2.26. The van der Waals surface area contributed by atoms with Crippen LogP contribution in [0.2, 0.25) is 0 Å². The van der Waals surface area contributed by atoms with Crippen LogP contribution in [0.1, 0.15) is 0 Å². The summed E-state index contributed by atoms with van der Waals surface area (Å²) in [4.78, 5) is 13.2. The monoisotopic (exact) mass is 237 g/mol. The Morgan fingerprint density at radius 2 is 1.94 bits per heavy atom. The van der Waals surface area contributed by atoms with E-state index in [0.29, 0.717) is 26.2 Å². The SMILES string of the molecule is O=C(C1NCCN2CCNCC12)C(F)(F)F. The Bertz CT molecular complexity index is 280. The van der Waals surface area contributed by atoms with E-state index in [4.69, 9.17) is 0 Å². The van der Waals surface area contributed by atoms with Crippen LogP contribution in [-0.4, -0.2) is 61.7 Å². The second-order valence-electron chi connectivity index (χ2n) is 4.10. The second kappa shape index (κ2) is 4.31. The topological polar surface area (TPSA) is 44.4 Å². The maximum atomic E-state index is 12.4. The number of Topliss-reactive ketones (excluding diaryl/α,β-unsaturated/α-hetero) is 1. The molecular formula is C9H14F3N3O. The highest BCUT2D eigenvalue weighted by molar-refractivity contribution is 5.90. The summed E-state index contributed by atoms with van der Waals surface area (Å²) in [6.07, 6.45) is -4.75. The maximum absolute atomic E-state index is 12.4. The van der Waals surface area contributed by atoms with Gasteiger partial charge in [0.2, 0.25) is 0 Å². The maximum Gasteiger partial charge on any atom is 0.451 e. The Morgan fingerprint density at radius 1 is 1.25 bits per heavy atom. The van der Waals surface area contributed by atoms with E-state index in [9.17, 15) is 18.0 Å². The number of carbonyl (C=O) groups excluding carboxylic acids is 1. The van der Waals surface area contributed by atoms with Crippen LogP contribution < -0.4 is 10.6 Å². The first-order chi connectivity index (χ1) is 7.50. The summed E-state index contributed by atoms with van der Waals surface area (Å²) in [7, 11) is 0. The zero-order valence-electron chi connectivity index (χ0n) is 8.68. The summed E-state index contributed by atoms with van der Waals surface area (Å²) in [6.45, 7) is 3.04. The lowest BCUT2D eigenvalue weighted by molar-refractivity contribution is -0.176. The molecule has 2 unspecified atom stereocenters. The van der Waals surface area contributed by atoms with Gasteiger partial charge in [0.1, 0.15) is 0 Å². The molecule has 2 heterocycles. The van der Waals surface area contributed by atoms with Crippen LogP contribution in [0.15, 0.2) is 0 Å². The van der Waals surface area contributed by atoms with Gasteiger partial charge in [-0.15, -0.1) is 0 Å². The third-order valence-electron chi connectivity index (χ3n) is 3.11. The molecule has 2 atom stereocenters. The van der Waals surface area contributed by atoms with Gasteiger partial charge < -0.3 is 10.6 Å². The molecule has 0 spiro atoms. The second-order valence-corrected chi connectivity index (χ2v) is 4.10. The lowest BCUT2D eigenvalue weighted by Gasteiger charge is -2.44. The minimum absolute atomic E-state index is 0.378. The van der Waals surface area contributed by atoms with Gasteiger partial charge in [0.15, 0.2) is 0 Å². The van der Waals surface area contributed by atoms with Gasteiger partial charge in [0, 0.05) is 38.8 Å². The van der Waals surface area contributed by atoms with Crippen LogP contribution in [0, 0.1) is 0 Å². The molecule has 16 heavy (non-hydrogen) atoms. The fraction of sp³-hybridized carbons (Fsp3) is 0.889. The van der Waals surface area contributed by atoms with E-state index < -0.39 is 18.0 Å². The summed E-state index contributed by atoms with van der Waals surface area (Å²) in [5.74, 6) is -1.66. The number of ketones is 1. The number of alkyl halides is 3. The molecule has 0 radical (unpaired) electrons. The van der Waals surface area contributed by atoms with Crippen molar-refractivity contribution in [2.45, 2.75) is 18.3 Å². The Morgan fingerprint density at radius 3 is 2.62 bits per heavy atom. The minimum Gasteiger partial charge on any atom is -0.314 e. The number of nitrogens with zero attached hydrogens (tertiary/aromatic N) is 1. The van der Waals surface area contributed by atoms with Crippen molar-refractivity contribution in [3.05, 3.63) is 0 Å². The van der Waals surface area contributed by atoms with Gasteiger partial charge >= 0.3 is 6.18 Å². The predicted molar refractivity (Wildman–Crippen MR) is 51.1 cm³/mol. The predicted octanol–water partition coefficient (Wildman–Crippen LogP) is -0.637. The average molecular weight is 237 g/mol. The van der Waals surface area contributed by atoms with Crippen molar-refractivity contribution in [3.8, 4) is 0 Å². The molecular weight excluding hydrogens is 223 g/mol. The first kappa shape index (κ1) is 11.8. The molecule has 92 valence electrons. The number of nitrogens with one attached hydrogen (secondary N) is 2. The van der Waals surface area contributed by atoms with Crippen molar-refractivity contribution in [2.24, 2.45) is 0 Å². The third kappa shape index (κ3) is 2.21. The lowest BCUT2D eigenvalue weighted by Crippen LogP contribution is -2.68. The molecule has 0 aromatic heterocycles. The summed E-state index contributed by atoms with van der Waals surface area (Å²) >= 11 is 0. The van der Waals surface area contributed by atoms with Crippen molar-refractivity contribution >= 4 is 5.78 Å². The van der Waals surface area contributed by atoms with Crippen LogP contribution in [0.3, 0.4) is 0 Å². The number of rotatable bonds is 1. The van der Waals surface area contributed by atoms with E-state index >= 15 is 0 Å². The largest absolute Gasteiger partial charge is 0.451 e. The zero-order chi connectivity index (χ0) is 11.8. The van der Waals surface area contributed by atoms with Crippen LogP contribution in [0.4, 0.5) is 13.2 Å². The first-order valence-corrected chi connectivity index (χ1v) is 5.29. The highest BCUT2D eigenvalue weighted by atomic mass is 19.4. The highest BCUT2D eigenvalue weighted by Gasteiger charge is 2.48. The minimum atomic E-state index is -4.75. The standard InChI is InChI=1S/C9H14F3N3O/c10-9(11,12)8(16)7-6-5-13-1-3-15(6)4-2-14-7/h6-7,13-14H,1-5H2. The van der Waals surface area contributed by atoms with Crippen LogP contribution in [0.25, 0.3) is 0 Å². The molecule has 0 bridgehead atoms. The quantitative estimate of drug-likeness (QED) is 0.637. The third-order valence-corrected chi connectivity index (χ3v) is 3.11. The summed E-state index contributed by atoms with van der Waals surface area (Å²) in [5, 5.41) is 5.69.